The van der Waals surface area contributed by atoms with Crippen LogP contribution in [-0.4, -0.2) is 24.6 Å². The molecule has 1 unspecified atom stereocenters. The Hall–Kier alpha value is -1.56. The highest BCUT2D eigenvalue weighted by molar-refractivity contribution is 7.32. The van der Waals surface area contributed by atoms with Crippen molar-refractivity contribution in [2.45, 2.75) is 51.5 Å². The first-order valence-electron chi connectivity index (χ1n) is 10.6. The fourth-order valence-electron chi connectivity index (χ4n) is 3.34. The van der Waals surface area contributed by atoms with Gasteiger partial charge in [0, 0.05) is 17.7 Å². The Morgan fingerprint density at radius 2 is 1.84 bits per heavy atom. The molecule has 2 aromatic rings. The number of nitrogens with one attached hydrogen (secondary N) is 2. The zero-order chi connectivity index (χ0) is 22.7. The van der Waals surface area contributed by atoms with Crippen molar-refractivity contribution in [1.29, 1.82) is 0 Å². The molecule has 0 fully saturated rings. The topological polar surface area (TPSA) is 70.6 Å². The van der Waals surface area contributed by atoms with Crippen LogP contribution in [0.2, 0.25) is 5.02 Å². The van der Waals surface area contributed by atoms with Gasteiger partial charge in [0.1, 0.15) is 12.4 Å². The van der Waals surface area contributed by atoms with Gasteiger partial charge in [-0.15, -0.1) is 9.42 Å². The molecular formula is C23H32ClFN2O3P+. The number of halogens is 2. The molecule has 0 heterocycles. The fraction of sp³-hybridized carbons (Fsp3) is 0.478. The van der Waals surface area contributed by atoms with E-state index in [1.807, 2.05) is 30.3 Å². The minimum absolute atomic E-state index is 0.0157. The lowest BCUT2D eigenvalue weighted by molar-refractivity contribution is 0.276. The summed E-state index contributed by atoms with van der Waals surface area (Å²) in [6, 6.07) is 12.7. The van der Waals surface area contributed by atoms with E-state index in [0.29, 0.717) is 24.5 Å². The van der Waals surface area contributed by atoms with Gasteiger partial charge in [-0.1, -0.05) is 50.1 Å². The van der Waals surface area contributed by atoms with E-state index in [4.69, 9.17) is 16.5 Å². The van der Waals surface area contributed by atoms with Crippen LogP contribution in [0.1, 0.15) is 50.7 Å². The van der Waals surface area contributed by atoms with E-state index in [9.17, 15) is 8.96 Å². The molecule has 0 radical (unpaired) electrons. The third kappa shape index (κ3) is 9.63. The van der Waals surface area contributed by atoms with Gasteiger partial charge in [-0.25, -0.2) is 4.39 Å². The Kier molecular flexibility index (Phi) is 10.9. The van der Waals surface area contributed by atoms with Gasteiger partial charge in [0.05, 0.1) is 10.7 Å². The smallest absolute Gasteiger partial charge is 0.384 e. The molecule has 5 nitrogen and oxygen atoms in total. The molecule has 0 aliphatic rings. The predicted molar refractivity (Wildman–Crippen MR) is 125 cm³/mol. The summed E-state index contributed by atoms with van der Waals surface area (Å²) >= 11 is 6.40. The van der Waals surface area contributed by atoms with Gasteiger partial charge in [0.25, 0.3) is 0 Å². The van der Waals surface area contributed by atoms with Gasteiger partial charge in [-0.3, -0.25) is 0 Å². The highest BCUT2D eigenvalue weighted by atomic mass is 35.5. The Morgan fingerprint density at radius 1 is 1.10 bits per heavy atom. The van der Waals surface area contributed by atoms with E-state index in [1.54, 1.807) is 0 Å². The summed E-state index contributed by atoms with van der Waals surface area (Å²) in [5.74, 6) is -0.200. The first kappa shape index (κ1) is 25.7. The molecule has 170 valence electrons. The molecule has 8 heteroatoms. The van der Waals surface area contributed by atoms with E-state index in [2.05, 4.69) is 29.0 Å². The molecule has 0 saturated carbocycles. The standard InChI is InChI=1S/C23H31ClFN2O3P/c1-23(2,19-7-9-20(25)10-8-19)12-3-4-14-27-22-11-6-18(16-21(22)24)17-26-13-5-15-30-31(28)29/h6-11,16,26-27H,3-5,12-15,17H2,1-2H3/p+1. The Bertz CT molecular complexity index is 834. The minimum atomic E-state index is -2.51. The largest absolute Gasteiger partial charge is 0.694 e. The minimum Gasteiger partial charge on any atom is -0.384 e. The molecule has 1 atom stereocenters. The van der Waals surface area contributed by atoms with Crippen LogP contribution in [0.3, 0.4) is 0 Å². The second-order valence-corrected chi connectivity index (χ2v) is 9.33. The normalized spacial score (nSPS) is 12.1. The van der Waals surface area contributed by atoms with Crippen LogP contribution >= 0.6 is 19.9 Å². The molecule has 0 amide bonds. The lowest BCUT2D eigenvalue weighted by atomic mass is 9.80. The second kappa shape index (κ2) is 13.1. The third-order valence-electron chi connectivity index (χ3n) is 5.23. The molecule has 0 aromatic heterocycles. The van der Waals surface area contributed by atoms with Crippen molar-refractivity contribution in [2.75, 3.05) is 25.0 Å². The maximum atomic E-state index is 13.1. The lowest BCUT2D eigenvalue weighted by Gasteiger charge is -2.25. The van der Waals surface area contributed by atoms with E-state index < -0.39 is 8.25 Å². The molecule has 0 spiro atoms. The van der Waals surface area contributed by atoms with E-state index in [-0.39, 0.29) is 17.8 Å². The lowest BCUT2D eigenvalue weighted by Crippen LogP contribution is -2.17. The Morgan fingerprint density at radius 3 is 2.52 bits per heavy atom. The summed E-state index contributed by atoms with van der Waals surface area (Å²) in [4.78, 5) is 8.56. The second-order valence-electron chi connectivity index (χ2n) is 8.19. The summed E-state index contributed by atoms with van der Waals surface area (Å²) < 4.78 is 28.2. The number of benzene rings is 2. The first-order valence-corrected chi connectivity index (χ1v) is 12.1. The van der Waals surface area contributed by atoms with Gasteiger partial charge in [-0.2, -0.15) is 0 Å². The van der Waals surface area contributed by atoms with E-state index >= 15 is 0 Å². The molecule has 2 aromatic carbocycles. The number of rotatable bonds is 14. The van der Waals surface area contributed by atoms with E-state index in [0.717, 1.165) is 42.6 Å². The van der Waals surface area contributed by atoms with Crippen molar-refractivity contribution in [3.63, 3.8) is 0 Å². The summed E-state index contributed by atoms with van der Waals surface area (Å²) in [6.45, 7) is 6.84. The van der Waals surface area contributed by atoms with Crippen molar-refractivity contribution in [3.05, 3.63) is 64.4 Å². The average Bonchev–Trinajstić information content (AvgIpc) is 2.71. The summed E-state index contributed by atoms with van der Waals surface area (Å²) in [6.07, 6.45) is 3.77. The van der Waals surface area contributed by atoms with Crippen LogP contribution in [0, 0.1) is 5.82 Å². The van der Waals surface area contributed by atoms with Gasteiger partial charge < -0.3 is 10.6 Å². The quantitative estimate of drug-likeness (QED) is 0.227. The molecule has 0 aliphatic carbocycles. The van der Waals surface area contributed by atoms with Crippen LogP contribution in [0.4, 0.5) is 10.1 Å². The average molecular weight is 470 g/mol. The van der Waals surface area contributed by atoms with Crippen molar-refractivity contribution >= 4 is 25.5 Å². The van der Waals surface area contributed by atoms with Crippen LogP contribution in [0.15, 0.2) is 42.5 Å². The number of hydrogen-bond donors (Lipinski definition) is 3. The molecule has 0 aliphatic heterocycles. The maximum absolute atomic E-state index is 13.1. The van der Waals surface area contributed by atoms with Crippen molar-refractivity contribution < 1.29 is 18.4 Å². The van der Waals surface area contributed by atoms with Crippen LogP contribution in [0.25, 0.3) is 0 Å². The van der Waals surface area contributed by atoms with Crippen molar-refractivity contribution in [1.82, 2.24) is 5.32 Å². The van der Waals surface area contributed by atoms with Gasteiger partial charge in [0.15, 0.2) is 0 Å². The molecule has 2 rings (SSSR count). The van der Waals surface area contributed by atoms with Crippen molar-refractivity contribution in [3.8, 4) is 0 Å². The SMILES string of the molecule is CC(C)(CCCCNc1ccc(CNCCCO[P+](=O)O)cc1Cl)c1ccc(F)cc1. The molecular weight excluding hydrogens is 438 g/mol. The zero-order valence-corrected chi connectivity index (χ0v) is 19.8. The number of anilines is 1. The summed E-state index contributed by atoms with van der Waals surface area (Å²) in [5.41, 5.74) is 3.17. The monoisotopic (exact) mass is 469 g/mol. The summed E-state index contributed by atoms with van der Waals surface area (Å²) in [7, 11) is -2.51. The Labute approximate surface area is 190 Å². The summed E-state index contributed by atoms with van der Waals surface area (Å²) in [5, 5.41) is 7.34. The van der Waals surface area contributed by atoms with E-state index in [1.165, 1.54) is 12.1 Å². The van der Waals surface area contributed by atoms with Crippen LogP contribution < -0.4 is 10.6 Å². The zero-order valence-electron chi connectivity index (χ0n) is 18.2. The number of unbranched alkanes of at least 4 members (excludes halogenated alkanes) is 1. The molecule has 0 saturated heterocycles. The van der Waals surface area contributed by atoms with Crippen LogP contribution in [-0.2, 0) is 21.0 Å². The fourth-order valence-corrected chi connectivity index (χ4v) is 3.90. The highest BCUT2D eigenvalue weighted by Gasteiger charge is 2.19. The number of hydrogen-bond acceptors (Lipinski definition) is 4. The molecule has 0 bridgehead atoms. The van der Waals surface area contributed by atoms with Gasteiger partial charge in [-0.05, 0) is 66.6 Å². The molecule has 3 N–H and O–H groups in total. The molecule has 31 heavy (non-hydrogen) atoms. The maximum Gasteiger partial charge on any atom is 0.694 e. The van der Waals surface area contributed by atoms with Crippen LogP contribution in [0.5, 0.6) is 0 Å². The van der Waals surface area contributed by atoms with Gasteiger partial charge in [0.2, 0.25) is 0 Å². The highest BCUT2D eigenvalue weighted by Crippen LogP contribution is 2.29. The van der Waals surface area contributed by atoms with Gasteiger partial charge >= 0.3 is 8.25 Å². The third-order valence-corrected chi connectivity index (χ3v) is 5.95. The first-order chi connectivity index (χ1) is 14.8. The predicted octanol–water partition coefficient (Wildman–Crippen LogP) is 6.19. The Balaban J connectivity index is 1.66. The van der Waals surface area contributed by atoms with Crippen molar-refractivity contribution in [2.24, 2.45) is 0 Å².